The van der Waals surface area contributed by atoms with Crippen molar-refractivity contribution in [2.45, 2.75) is 63.7 Å². The third-order valence-electron chi connectivity index (χ3n) is 5.58. The molecule has 38 heavy (non-hydrogen) atoms. The van der Waals surface area contributed by atoms with E-state index < -0.39 is 60.2 Å². The van der Waals surface area contributed by atoms with Gasteiger partial charge in [-0.25, -0.2) is 9.78 Å². The highest BCUT2D eigenvalue weighted by molar-refractivity contribution is 5.95. The van der Waals surface area contributed by atoms with E-state index in [-0.39, 0.29) is 25.2 Å². The number of H-pyrrole nitrogens is 1. The average Bonchev–Trinajstić information content (AvgIpc) is 3.35. The summed E-state index contributed by atoms with van der Waals surface area (Å²) in [4.78, 5) is 68.5. The van der Waals surface area contributed by atoms with Gasteiger partial charge in [-0.05, 0) is 17.9 Å². The van der Waals surface area contributed by atoms with Gasteiger partial charge in [0.2, 0.25) is 17.7 Å². The maximum Gasteiger partial charge on any atom is 0.326 e. The fourth-order valence-corrected chi connectivity index (χ4v) is 3.69. The number of aromatic nitrogens is 2. The number of rotatable bonds is 15. The van der Waals surface area contributed by atoms with Crippen molar-refractivity contribution >= 4 is 29.7 Å². The van der Waals surface area contributed by atoms with Gasteiger partial charge in [0.15, 0.2) is 0 Å². The summed E-state index contributed by atoms with van der Waals surface area (Å²) < 4.78 is 0. The molecule has 13 nitrogen and oxygen atoms in total. The first-order valence-corrected chi connectivity index (χ1v) is 12.1. The lowest BCUT2D eigenvalue weighted by Crippen LogP contribution is -2.58. The van der Waals surface area contributed by atoms with Gasteiger partial charge < -0.3 is 36.9 Å². The number of benzene rings is 1. The molecule has 1 aromatic carbocycles. The Morgan fingerprint density at radius 3 is 2.05 bits per heavy atom. The van der Waals surface area contributed by atoms with Gasteiger partial charge in [0, 0.05) is 24.7 Å². The molecule has 1 heterocycles. The Bertz CT molecular complexity index is 1090. The lowest BCUT2D eigenvalue weighted by Gasteiger charge is -2.25. The van der Waals surface area contributed by atoms with Crippen molar-refractivity contribution in [1.29, 1.82) is 0 Å². The summed E-state index contributed by atoms with van der Waals surface area (Å²) in [6.45, 7) is 3.60. The minimum Gasteiger partial charge on any atom is -0.481 e. The lowest BCUT2D eigenvalue weighted by molar-refractivity contribution is -0.143. The Balaban J connectivity index is 2.12. The Hall–Kier alpha value is -4.26. The highest BCUT2D eigenvalue weighted by Crippen LogP contribution is 2.09. The number of aliphatic carboxylic acids is 2. The predicted molar refractivity (Wildman–Crippen MR) is 136 cm³/mol. The first-order valence-electron chi connectivity index (χ1n) is 12.1. The Morgan fingerprint density at radius 2 is 1.50 bits per heavy atom. The zero-order valence-electron chi connectivity index (χ0n) is 21.2. The largest absolute Gasteiger partial charge is 0.481 e. The SMILES string of the molecule is CC(C)CC(NC(=O)C(CC(=O)O)NC(=O)C(N)Cc1cnc[nH]1)C(=O)NC(Cc1ccccc1)C(=O)O. The third kappa shape index (κ3) is 10.0. The number of nitrogens with one attached hydrogen (secondary N) is 4. The molecule has 0 aliphatic heterocycles. The van der Waals surface area contributed by atoms with E-state index in [0.717, 1.165) is 0 Å². The van der Waals surface area contributed by atoms with Crippen LogP contribution in [0.15, 0.2) is 42.9 Å². The van der Waals surface area contributed by atoms with Crippen molar-refractivity contribution in [2.24, 2.45) is 11.7 Å². The highest BCUT2D eigenvalue weighted by Gasteiger charge is 2.32. The van der Waals surface area contributed by atoms with Crippen LogP contribution < -0.4 is 21.7 Å². The van der Waals surface area contributed by atoms with Gasteiger partial charge in [-0.3, -0.25) is 19.2 Å². The van der Waals surface area contributed by atoms with E-state index in [1.165, 1.54) is 12.5 Å². The number of nitrogens with two attached hydrogens (primary N) is 1. The maximum absolute atomic E-state index is 13.0. The molecule has 2 aromatic rings. The zero-order chi connectivity index (χ0) is 28.2. The monoisotopic (exact) mass is 530 g/mol. The first-order chi connectivity index (χ1) is 18.0. The first kappa shape index (κ1) is 30.0. The van der Waals surface area contributed by atoms with E-state index in [4.69, 9.17) is 5.73 Å². The molecule has 13 heteroatoms. The van der Waals surface area contributed by atoms with Crippen molar-refractivity contribution in [2.75, 3.05) is 0 Å². The summed E-state index contributed by atoms with van der Waals surface area (Å²) in [7, 11) is 0. The molecule has 8 N–H and O–H groups in total. The van der Waals surface area contributed by atoms with Gasteiger partial charge >= 0.3 is 11.9 Å². The number of nitrogens with zero attached hydrogens (tertiary/aromatic N) is 1. The van der Waals surface area contributed by atoms with Crippen LogP contribution in [0.25, 0.3) is 0 Å². The van der Waals surface area contributed by atoms with Gasteiger partial charge in [-0.1, -0.05) is 44.2 Å². The molecule has 0 aliphatic carbocycles. The number of imidazole rings is 1. The molecular weight excluding hydrogens is 496 g/mol. The molecule has 0 saturated carbocycles. The summed E-state index contributed by atoms with van der Waals surface area (Å²) in [6, 6.07) is 3.68. The molecule has 0 fully saturated rings. The summed E-state index contributed by atoms with van der Waals surface area (Å²) >= 11 is 0. The highest BCUT2D eigenvalue weighted by atomic mass is 16.4. The third-order valence-corrected chi connectivity index (χ3v) is 5.58. The molecule has 0 radical (unpaired) electrons. The van der Waals surface area contributed by atoms with Crippen molar-refractivity contribution in [3.63, 3.8) is 0 Å². The van der Waals surface area contributed by atoms with Crippen LogP contribution in [0.4, 0.5) is 0 Å². The molecule has 0 bridgehead atoms. The number of amides is 3. The number of hydrogen-bond acceptors (Lipinski definition) is 7. The van der Waals surface area contributed by atoms with Crippen LogP contribution in [0.1, 0.15) is 37.9 Å². The van der Waals surface area contributed by atoms with Crippen LogP contribution in [0.2, 0.25) is 0 Å². The molecule has 0 spiro atoms. The van der Waals surface area contributed by atoms with E-state index in [0.29, 0.717) is 11.3 Å². The van der Waals surface area contributed by atoms with Crippen LogP contribution in [0.5, 0.6) is 0 Å². The average molecular weight is 531 g/mol. The van der Waals surface area contributed by atoms with Crippen LogP contribution in [-0.2, 0) is 36.8 Å². The van der Waals surface area contributed by atoms with Crippen molar-refractivity contribution in [3.05, 3.63) is 54.1 Å². The van der Waals surface area contributed by atoms with Crippen molar-refractivity contribution in [1.82, 2.24) is 25.9 Å². The standard InChI is InChI=1S/C25H34N6O7/c1-14(2)8-18(23(35)31-20(25(37)38)9-15-6-4-3-5-7-15)30-24(36)19(11-21(32)33)29-22(34)17(26)10-16-12-27-13-28-16/h3-7,12-14,17-20H,8-11,26H2,1-2H3,(H,27,28)(H,29,34)(H,30,36)(H,31,35)(H,32,33)(H,37,38). The number of hydrogen-bond donors (Lipinski definition) is 7. The van der Waals surface area contributed by atoms with Gasteiger partial charge in [0.1, 0.15) is 18.1 Å². The Morgan fingerprint density at radius 1 is 0.895 bits per heavy atom. The van der Waals surface area contributed by atoms with E-state index in [1.807, 2.05) is 0 Å². The molecule has 0 aliphatic rings. The molecule has 3 amide bonds. The van der Waals surface area contributed by atoms with Crippen molar-refractivity contribution < 1.29 is 34.2 Å². The molecule has 2 rings (SSSR count). The second-order valence-electron chi connectivity index (χ2n) is 9.33. The van der Waals surface area contributed by atoms with Crippen LogP contribution in [0.3, 0.4) is 0 Å². The summed E-state index contributed by atoms with van der Waals surface area (Å²) in [5, 5.41) is 26.2. The predicted octanol–water partition coefficient (Wildman–Crippen LogP) is -0.418. The smallest absolute Gasteiger partial charge is 0.326 e. The van der Waals surface area contributed by atoms with Gasteiger partial charge in [-0.15, -0.1) is 0 Å². The minimum atomic E-state index is -1.52. The molecule has 1 aromatic heterocycles. The maximum atomic E-state index is 13.0. The number of carboxylic acids is 2. The van der Waals surface area contributed by atoms with Gasteiger partial charge in [-0.2, -0.15) is 0 Å². The number of carbonyl (C=O) groups excluding carboxylic acids is 3. The number of carbonyl (C=O) groups is 5. The molecule has 4 atom stereocenters. The summed E-state index contributed by atoms with van der Waals surface area (Å²) in [6.07, 6.45) is 2.37. The van der Waals surface area contributed by atoms with Gasteiger partial charge in [0.25, 0.3) is 0 Å². The van der Waals surface area contributed by atoms with Crippen molar-refractivity contribution in [3.8, 4) is 0 Å². The van der Waals surface area contributed by atoms with E-state index >= 15 is 0 Å². The second kappa shape index (κ2) is 14.5. The lowest BCUT2D eigenvalue weighted by atomic mass is 10.0. The van der Waals surface area contributed by atoms with Gasteiger partial charge in [0.05, 0.1) is 18.8 Å². The Kier molecular flexibility index (Phi) is 11.4. The number of aromatic amines is 1. The molecule has 0 saturated heterocycles. The van der Waals surface area contributed by atoms with Crippen LogP contribution in [0, 0.1) is 5.92 Å². The summed E-state index contributed by atoms with van der Waals surface area (Å²) in [5.41, 5.74) is 7.16. The fourth-order valence-electron chi connectivity index (χ4n) is 3.69. The van der Waals surface area contributed by atoms with E-state index in [9.17, 15) is 34.2 Å². The van der Waals surface area contributed by atoms with E-state index in [2.05, 4.69) is 25.9 Å². The minimum absolute atomic E-state index is 0.0240. The Labute approximate surface area is 219 Å². The zero-order valence-corrected chi connectivity index (χ0v) is 21.2. The normalized spacial score (nSPS) is 14.1. The molecular formula is C25H34N6O7. The van der Waals surface area contributed by atoms with E-state index in [1.54, 1.807) is 44.2 Å². The quantitative estimate of drug-likeness (QED) is 0.159. The van der Waals surface area contributed by atoms with Crippen LogP contribution in [-0.4, -0.2) is 74.0 Å². The number of carboxylic acid groups (broad SMARTS) is 2. The topological polar surface area (TPSA) is 217 Å². The second-order valence-corrected chi connectivity index (χ2v) is 9.33. The summed E-state index contributed by atoms with van der Waals surface area (Å²) in [5.74, 6) is -5.11. The van der Waals surface area contributed by atoms with Crippen LogP contribution >= 0.6 is 0 Å². The molecule has 4 unspecified atom stereocenters. The molecule has 206 valence electrons. The fraction of sp³-hybridized carbons (Fsp3) is 0.440.